The first-order valence-corrected chi connectivity index (χ1v) is 6.45. The number of rotatable bonds is 2. The van der Waals surface area contributed by atoms with Crippen molar-refractivity contribution >= 4 is 11.9 Å². The lowest BCUT2D eigenvalue weighted by Crippen LogP contribution is -2.48. The number of piperidine rings is 1. The molecule has 4 nitrogen and oxygen atoms in total. The highest BCUT2D eigenvalue weighted by molar-refractivity contribution is 5.97. The van der Waals surface area contributed by atoms with Gasteiger partial charge in [0.05, 0.1) is 11.1 Å². The van der Waals surface area contributed by atoms with E-state index in [0.29, 0.717) is 19.3 Å². The number of carboxylic acid groups (broad SMARTS) is 1. The molecule has 6 heteroatoms. The van der Waals surface area contributed by atoms with Crippen LogP contribution in [-0.2, 0) is 4.79 Å². The second kappa shape index (κ2) is 5.92. The minimum Gasteiger partial charge on any atom is -0.480 e. The first-order valence-electron chi connectivity index (χ1n) is 6.45. The number of hydrogen-bond donors (Lipinski definition) is 1. The molecule has 1 aromatic carbocycles. The molecule has 21 heavy (non-hydrogen) atoms. The summed E-state index contributed by atoms with van der Waals surface area (Å²) in [7, 11) is 0. The van der Waals surface area contributed by atoms with Gasteiger partial charge in [0, 0.05) is 6.54 Å². The Kier molecular flexibility index (Phi) is 4.22. The largest absolute Gasteiger partial charge is 0.480 e. The molecule has 1 unspecified atom stereocenters. The first-order chi connectivity index (χ1) is 9.97. The Hall–Kier alpha value is -2.42. The van der Waals surface area contributed by atoms with Crippen molar-refractivity contribution < 1.29 is 23.5 Å². The maximum Gasteiger partial charge on any atom is 0.326 e. The van der Waals surface area contributed by atoms with Crippen LogP contribution in [0.5, 0.6) is 0 Å². The zero-order chi connectivity index (χ0) is 15.6. The Labute approximate surface area is 120 Å². The van der Waals surface area contributed by atoms with Crippen molar-refractivity contribution in [2.24, 2.45) is 0 Å². The molecule has 2 rings (SSSR count). The third-order valence-corrected chi connectivity index (χ3v) is 3.52. The molecule has 1 N–H and O–H groups in total. The molecule has 0 bridgehead atoms. The fourth-order valence-electron chi connectivity index (χ4n) is 2.41. The fraction of sp³-hybridized carbons (Fsp3) is 0.333. The number of halogens is 2. The highest BCUT2D eigenvalue weighted by atomic mass is 19.2. The van der Waals surface area contributed by atoms with E-state index in [0.717, 1.165) is 17.0 Å². The number of aliphatic carboxylic acids is 1. The van der Waals surface area contributed by atoms with E-state index in [1.54, 1.807) is 0 Å². The van der Waals surface area contributed by atoms with Gasteiger partial charge in [0.25, 0.3) is 5.91 Å². The number of carbonyl (C=O) groups is 2. The van der Waals surface area contributed by atoms with E-state index in [2.05, 4.69) is 0 Å². The molecule has 1 saturated heterocycles. The Morgan fingerprint density at radius 2 is 2.00 bits per heavy atom. The average molecular weight is 293 g/mol. The Morgan fingerprint density at radius 1 is 1.29 bits per heavy atom. The smallest absolute Gasteiger partial charge is 0.326 e. The van der Waals surface area contributed by atoms with Crippen molar-refractivity contribution in [1.29, 1.82) is 0 Å². The van der Waals surface area contributed by atoms with Gasteiger partial charge in [-0.15, -0.1) is 6.42 Å². The lowest BCUT2D eigenvalue weighted by Gasteiger charge is -2.33. The molecule has 1 aliphatic heterocycles. The van der Waals surface area contributed by atoms with Crippen molar-refractivity contribution in [3.05, 3.63) is 34.9 Å². The minimum atomic E-state index is -1.34. The summed E-state index contributed by atoms with van der Waals surface area (Å²) < 4.78 is 27.6. The maximum absolute atomic E-state index is 13.9. The van der Waals surface area contributed by atoms with E-state index >= 15 is 0 Å². The molecule has 110 valence electrons. The number of hydrogen-bond acceptors (Lipinski definition) is 2. The van der Waals surface area contributed by atoms with Crippen molar-refractivity contribution in [2.75, 3.05) is 6.54 Å². The van der Waals surface area contributed by atoms with Crippen LogP contribution >= 0.6 is 0 Å². The lowest BCUT2D eigenvalue weighted by molar-refractivity contribution is -0.143. The highest BCUT2D eigenvalue weighted by Gasteiger charge is 2.34. The molecule has 0 aromatic heterocycles. The third-order valence-electron chi connectivity index (χ3n) is 3.52. The molecule has 1 amide bonds. The third kappa shape index (κ3) is 2.72. The Morgan fingerprint density at radius 3 is 2.62 bits per heavy atom. The number of likely N-dealkylation sites (tertiary alicyclic amines) is 1. The predicted molar refractivity (Wildman–Crippen MR) is 70.6 cm³/mol. The summed E-state index contributed by atoms with van der Waals surface area (Å²) in [5.74, 6) is -2.62. The van der Waals surface area contributed by atoms with Crippen molar-refractivity contribution in [3.8, 4) is 12.3 Å². The number of benzene rings is 1. The van der Waals surface area contributed by atoms with Crippen molar-refractivity contribution in [2.45, 2.75) is 25.3 Å². The van der Waals surface area contributed by atoms with Crippen LogP contribution in [-0.4, -0.2) is 34.5 Å². The molecule has 1 fully saturated rings. The van der Waals surface area contributed by atoms with Crippen LogP contribution in [0.3, 0.4) is 0 Å². The highest BCUT2D eigenvalue weighted by Crippen LogP contribution is 2.23. The normalized spacial score (nSPS) is 18.1. The zero-order valence-electron chi connectivity index (χ0n) is 11.1. The van der Waals surface area contributed by atoms with Gasteiger partial charge in [-0.25, -0.2) is 13.6 Å². The van der Waals surface area contributed by atoms with Gasteiger partial charge in [-0.05, 0) is 31.4 Å². The van der Waals surface area contributed by atoms with Crippen LogP contribution in [0, 0.1) is 24.0 Å². The van der Waals surface area contributed by atoms with Crippen LogP contribution in [0.2, 0.25) is 0 Å². The molecule has 1 aliphatic rings. The molecule has 0 saturated carbocycles. The van der Waals surface area contributed by atoms with E-state index in [-0.39, 0.29) is 12.1 Å². The summed E-state index contributed by atoms with van der Waals surface area (Å²) >= 11 is 0. The fourth-order valence-corrected chi connectivity index (χ4v) is 2.41. The van der Waals surface area contributed by atoms with Gasteiger partial charge < -0.3 is 10.0 Å². The van der Waals surface area contributed by atoms with E-state index in [1.807, 2.05) is 5.92 Å². The Bertz CT molecular complexity index is 637. The van der Waals surface area contributed by atoms with Crippen LogP contribution in [0.15, 0.2) is 12.1 Å². The van der Waals surface area contributed by atoms with Crippen LogP contribution in [0.1, 0.15) is 35.2 Å². The van der Waals surface area contributed by atoms with Crippen LogP contribution in [0.4, 0.5) is 8.78 Å². The molecular formula is C15H13F2NO3. The molecule has 0 spiro atoms. The molecule has 1 atom stereocenters. The van der Waals surface area contributed by atoms with Gasteiger partial charge in [0.1, 0.15) is 6.04 Å². The van der Waals surface area contributed by atoms with Gasteiger partial charge in [-0.1, -0.05) is 5.92 Å². The SMILES string of the molecule is C#Cc1ccc(C(=O)N2CCCCC2C(=O)O)c(F)c1F. The van der Waals surface area contributed by atoms with Crippen molar-refractivity contribution in [1.82, 2.24) is 4.90 Å². The standard InChI is InChI=1S/C15H13F2NO3/c1-2-9-6-7-10(13(17)12(9)16)14(19)18-8-4-3-5-11(18)15(20)21/h1,6-7,11H,3-5,8H2,(H,20,21). The first kappa shape index (κ1) is 15.0. The van der Waals surface area contributed by atoms with Gasteiger partial charge >= 0.3 is 5.97 Å². The van der Waals surface area contributed by atoms with E-state index in [4.69, 9.17) is 11.5 Å². The summed E-state index contributed by atoms with van der Waals surface area (Å²) in [4.78, 5) is 24.5. The van der Waals surface area contributed by atoms with Gasteiger partial charge in [0.15, 0.2) is 11.6 Å². The number of carbonyl (C=O) groups excluding carboxylic acids is 1. The quantitative estimate of drug-likeness (QED) is 0.849. The van der Waals surface area contributed by atoms with Gasteiger partial charge in [-0.3, -0.25) is 4.79 Å². The predicted octanol–water partition coefficient (Wildman–Crippen LogP) is 2.03. The van der Waals surface area contributed by atoms with Crippen LogP contribution in [0.25, 0.3) is 0 Å². The Balaban J connectivity index is 2.38. The zero-order valence-corrected chi connectivity index (χ0v) is 11.1. The van der Waals surface area contributed by atoms with E-state index in [1.165, 1.54) is 0 Å². The second-order valence-corrected chi connectivity index (χ2v) is 4.78. The summed E-state index contributed by atoms with van der Waals surface area (Å²) in [5.41, 5.74) is -0.780. The monoisotopic (exact) mass is 293 g/mol. The molecule has 0 radical (unpaired) electrons. The number of amides is 1. The van der Waals surface area contributed by atoms with E-state index in [9.17, 15) is 18.4 Å². The summed E-state index contributed by atoms with van der Waals surface area (Å²) in [6, 6.07) is 1.20. The topological polar surface area (TPSA) is 57.6 Å². The molecular weight excluding hydrogens is 280 g/mol. The van der Waals surface area contributed by atoms with E-state index < -0.39 is 35.1 Å². The average Bonchev–Trinajstić information content (AvgIpc) is 2.49. The second-order valence-electron chi connectivity index (χ2n) is 4.78. The molecule has 0 aliphatic carbocycles. The number of terminal acetylenes is 1. The van der Waals surface area contributed by atoms with Gasteiger partial charge in [-0.2, -0.15) is 0 Å². The number of nitrogens with zero attached hydrogens (tertiary/aromatic N) is 1. The molecule has 1 heterocycles. The lowest BCUT2D eigenvalue weighted by atomic mass is 10.00. The van der Waals surface area contributed by atoms with Crippen molar-refractivity contribution in [3.63, 3.8) is 0 Å². The summed E-state index contributed by atoms with van der Waals surface area (Å²) in [6.07, 6.45) is 6.62. The summed E-state index contributed by atoms with van der Waals surface area (Å²) in [5, 5.41) is 9.12. The maximum atomic E-state index is 13.9. The number of carboxylic acids is 1. The summed E-state index contributed by atoms with van der Waals surface area (Å²) in [6.45, 7) is 0.202. The van der Waals surface area contributed by atoms with Gasteiger partial charge in [0.2, 0.25) is 0 Å². The minimum absolute atomic E-state index is 0.202. The van der Waals surface area contributed by atoms with Crippen LogP contribution < -0.4 is 0 Å². The molecule has 1 aromatic rings.